The van der Waals surface area contributed by atoms with E-state index in [1.807, 2.05) is 0 Å². The average molecular weight is 391 g/mol. The molecule has 1 heterocycles. The minimum Gasteiger partial charge on any atom is -0.394 e. The topological polar surface area (TPSA) is 99.4 Å². The van der Waals surface area contributed by atoms with Gasteiger partial charge in [0.15, 0.2) is 6.29 Å². The molecule has 1 aliphatic heterocycles. The van der Waals surface area contributed by atoms with Crippen LogP contribution in [0.4, 0.5) is 0 Å². The summed E-state index contributed by atoms with van der Waals surface area (Å²) >= 11 is 0. The van der Waals surface area contributed by atoms with Crippen molar-refractivity contribution >= 4 is 0 Å². The summed E-state index contributed by atoms with van der Waals surface area (Å²) in [5, 5.41) is 38.5. The summed E-state index contributed by atoms with van der Waals surface area (Å²) in [6.45, 7) is 2.26. The highest BCUT2D eigenvalue weighted by Crippen LogP contribution is 2.22. The van der Waals surface area contributed by atoms with Crippen LogP contribution >= 0.6 is 0 Å². The molecule has 0 aliphatic carbocycles. The summed E-state index contributed by atoms with van der Waals surface area (Å²) in [5.74, 6) is 0. The molecule has 0 saturated carbocycles. The zero-order valence-electron chi connectivity index (χ0n) is 17.1. The van der Waals surface area contributed by atoms with E-state index in [1.165, 1.54) is 70.6 Å². The number of aliphatic hydroxyl groups is 4. The molecular formula is C21H42O6. The summed E-state index contributed by atoms with van der Waals surface area (Å²) in [6, 6.07) is 0. The Morgan fingerprint density at radius 2 is 1.15 bits per heavy atom. The molecular weight excluding hydrogens is 348 g/mol. The molecule has 6 heteroatoms. The van der Waals surface area contributed by atoms with Crippen molar-refractivity contribution in [2.24, 2.45) is 0 Å². The molecule has 0 aromatic rings. The van der Waals surface area contributed by atoms with Crippen molar-refractivity contribution < 1.29 is 29.9 Å². The largest absolute Gasteiger partial charge is 0.394 e. The maximum absolute atomic E-state index is 9.88. The lowest BCUT2D eigenvalue weighted by molar-refractivity contribution is -0.301. The molecule has 0 radical (unpaired) electrons. The van der Waals surface area contributed by atoms with Crippen molar-refractivity contribution in [2.75, 3.05) is 13.2 Å². The lowest BCUT2D eigenvalue weighted by atomic mass is 9.99. The quantitative estimate of drug-likeness (QED) is 0.303. The van der Waals surface area contributed by atoms with E-state index >= 15 is 0 Å². The number of hydrogen-bond donors (Lipinski definition) is 4. The minimum atomic E-state index is -1.37. The van der Waals surface area contributed by atoms with Crippen LogP contribution in [0, 0.1) is 0 Å². The summed E-state index contributed by atoms with van der Waals surface area (Å²) in [7, 11) is 0. The van der Waals surface area contributed by atoms with Gasteiger partial charge in [0, 0.05) is 6.61 Å². The third-order valence-corrected chi connectivity index (χ3v) is 5.38. The number of unbranched alkanes of at least 4 members (excludes halogenated alkanes) is 12. The third-order valence-electron chi connectivity index (χ3n) is 5.38. The van der Waals surface area contributed by atoms with Crippen LogP contribution in [0.25, 0.3) is 0 Å². The van der Waals surface area contributed by atoms with Crippen molar-refractivity contribution in [3.05, 3.63) is 0 Å². The lowest BCUT2D eigenvalue weighted by Gasteiger charge is -2.39. The second-order valence-corrected chi connectivity index (χ2v) is 7.81. The maximum Gasteiger partial charge on any atom is 0.186 e. The second-order valence-electron chi connectivity index (χ2n) is 7.81. The Balaban J connectivity index is 1.92. The van der Waals surface area contributed by atoms with Gasteiger partial charge in [0.05, 0.1) is 6.61 Å². The Hall–Kier alpha value is -0.240. The second kappa shape index (κ2) is 15.7. The fourth-order valence-electron chi connectivity index (χ4n) is 3.52. The first kappa shape index (κ1) is 24.8. The Morgan fingerprint density at radius 3 is 1.63 bits per heavy atom. The summed E-state index contributed by atoms with van der Waals surface area (Å²) in [6.07, 6.45) is 10.6. The van der Waals surface area contributed by atoms with Gasteiger partial charge in [0.2, 0.25) is 0 Å². The lowest BCUT2D eigenvalue weighted by Crippen LogP contribution is -2.59. The summed E-state index contributed by atoms with van der Waals surface area (Å²) in [4.78, 5) is 0. The van der Waals surface area contributed by atoms with E-state index in [0.29, 0.717) is 6.61 Å². The van der Waals surface area contributed by atoms with E-state index in [1.54, 1.807) is 0 Å². The first-order valence-corrected chi connectivity index (χ1v) is 11.0. The van der Waals surface area contributed by atoms with Crippen LogP contribution in [0.2, 0.25) is 0 Å². The maximum atomic E-state index is 9.88. The van der Waals surface area contributed by atoms with Crippen LogP contribution in [0.1, 0.15) is 90.4 Å². The number of hydrogen-bond acceptors (Lipinski definition) is 6. The predicted octanol–water partition coefficient (Wildman–Crippen LogP) is 2.89. The zero-order valence-corrected chi connectivity index (χ0v) is 17.1. The van der Waals surface area contributed by atoms with Gasteiger partial charge in [0.25, 0.3) is 0 Å². The molecule has 0 aromatic heterocycles. The van der Waals surface area contributed by atoms with Gasteiger partial charge in [0.1, 0.15) is 24.4 Å². The number of ether oxygens (including phenoxy) is 2. The highest BCUT2D eigenvalue weighted by atomic mass is 16.7. The van der Waals surface area contributed by atoms with Gasteiger partial charge in [-0.2, -0.15) is 0 Å². The van der Waals surface area contributed by atoms with Gasteiger partial charge in [-0.25, -0.2) is 0 Å². The van der Waals surface area contributed by atoms with E-state index < -0.39 is 37.3 Å². The van der Waals surface area contributed by atoms with Gasteiger partial charge < -0.3 is 29.9 Å². The normalized spacial score (nSPS) is 28.6. The van der Waals surface area contributed by atoms with E-state index in [4.69, 9.17) is 14.6 Å². The van der Waals surface area contributed by atoms with Crippen molar-refractivity contribution in [2.45, 2.75) is 121 Å². The van der Waals surface area contributed by atoms with Crippen LogP contribution < -0.4 is 0 Å². The molecule has 1 rings (SSSR count). The highest BCUT2D eigenvalue weighted by molar-refractivity contribution is 4.88. The Morgan fingerprint density at radius 1 is 0.667 bits per heavy atom. The molecule has 162 valence electrons. The summed E-state index contributed by atoms with van der Waals surface area (Å²) < 4.78 is 10.8. The first-order valence-electron chi connectivity index (χ1n) is 11.0. The standard InChI is InChI=1S/C21H42O6/c1-2-3-4-5-6-7-8-9-10-11-12-13-14-15-26-21-20(25)19(24)18(23)17(16-22)27-21/h17-25H,2-16H2,1H3/t17-,18-,19+,20-,21+/m0/s1. The minimum absolute atomic E-state index is 0.427. The Kier molecular flexibility index (Phi) is 14.4. The smallest absolute Gasteiger partial charge is 0.186 e. The van der Waals surface area contributed by atoms with Crippen molar-refractivity contribution in [1.82, 2.24) is 0 Å². The monoisotopic (exact) mass is 390 g/mol. The van der Waals surface area contributed by atoms with Crippen LogP contribution in [-0.4, -0.2) is 64.3 Å². The zero-order chi connectivity index (χ0) is 19.9. The van der Waals surface area contributed by atoms with Crippen molar-refractivity contribution in [3.8, 4) is 0 Å². The molecule has 0 unspecified atom stereocenters. The van der Waals surface area contributed by atoms with Crippen LogP contribution in [-0.2, 0) is 9.47 Å². The van der Waals surface area contributed by atoms with Crippen molar-refractivity contribution in [3.63, 3.8) is 0 Å². The third kappa shape index (κ3) is 10.2. The fraction of sp³-hybridized carbons (Fsp3) is 1.00. The Labute approximate surface area is 164 Å². The van der Waals surface area contributed by atoms with E-state index in [9.17, 15) is 15.3 Å². The van der Waals surface area contributed by atoms with Gasteiger partial charge in [-0.15, -0.1) is 0 Å². The summed E-state index contributed by atoms with van der Waals surface area (Å²) in [5.41, 5.74) is 0. The van der Waals surface area contributed by atoms with E-state index in [2.05, 4.69) is 6.92 Å². The molecule has 1 fully saturated rings. The molecule has 0 aromatic carbocycles. The number of rotatable bonds is 16. The molecule has 6 nitrogen and oxygen atoms in total. The van der Waals surface area contributed by atoms with E-state index in [0.717, 1.165) is 12.8 Å². The van der Waals surface area contributed by atoms with E-state index in [-0.39, 0.29) is 0 Å². The SMILES string of the molecule is CCCCCCCCCCCCCCCO[C@@H]1O[C@@H](CO)[C@H](O)[C@@H](O)[C@@H]1O. The van der Waals surface area contributed by atoms with Gasteiger partial charge in [-0.3, -0.25) is 0 Å². The van der Waals surface area contributed by atoms with Gasteiger partial charge in [-0.05, 0) is 6.42 Å². The molecule has 4 N–H and O–H groups in total. The molecule has 27 heavy (non-hydrogen) atoms. The Bertz CT molecular complexity index is 339. The molecule has 0 bridgehead atoms. The molecule has 1 saturated heterocycles. The average Bonchev–Trinajstić information content (AvgIpc) is 2.68. The first-order chi connectivity index (χ1) is 13.1. The fourth-order valence-corrected chi connectivity index (χ4v) is 3.52. The molecule has 1 aliphatic rings. The van der Waals surface area contributed by atoms with Gasteiger partial charge >= 0.3 is 0 Å². The van der Waals surface area contributed by atoms with Crippen LogP contribution in [0.5, 0.6) is 0 Å². The highest BCUT2D eigenvalue weighted by Gasteiger charge is 2.43. The van der Waals surface area contributed by atoms with Crippen LogP contribution in [0.3, 0.4) is 0 Å². The van der Waals surface area contributed by atoms with Crippen LogP contribution in [0.15, 0.2) is 0 Å². The molecule has 0 amide bonds. The molecule has 0 spiro atoms. The number of aliphatic hydroxyl groups excluding tert-OH is 4. The molecule has 5 atom stereocenters. The van der Waals surface area contributed by atoms with Crippen molar-refractivity contribution in [1.29, 1.82) is 0 Å². The predicted molar refractivity (Wildman–Crippen MR) is 105 cm³/mol. The van der Waals surface area contributed by atoms with Gasteiger partial charge in [-0.1, -0.05) is 84.0 Å².